The number of halogens is 2. The summed E-state index contributed by atoms with van der Waals surface area (Å²) >= 11 is 10.9. The van der Waals surface area contributed by atoms with Gasteiger partial charge in [0, 0.05) is 16.1 Å². The topological polar surface area (TPSA) is 54.6 Å². The highest BCUT2D eigenvalue weighted by molar-refractivity contribution is 9.10. The molecule has 4 nitrogen and oxygen atoms in total. The van der Waals surface area contributed by atoms with Gasteiger partial charge in [0.1, 0.15) is 11.5 Å². The Labute approximate surface area is 173 Å². The molecule has 2 aromatic carbocycles. The number of carbonyl (C=O) groups excluding carboxylic acids is 1. The summed E-state index contributed by atoms with van der Waals surface area (Å²) in [5.74, 6) is 1.02. The van der Waals surface area contributed by atoms with Gasteiger partial charge in [0.2, 0.25) is 0 Å². The van der Waals surface area contributed by atoms with E-state index in [2.05, 4.69) is 26.2 Å². The molecule has 1 amide bonds. The Balaban J connectivity index is 1.58. The Morgan fingerprint density at radius 2 is 1.85 bits per heavy atom. The van der Waals surface area contributed by atoms with Crippen molar-refractivity contribution in [2.45, 2.75) is 0 Å². The van der Waals surface area contributed by atoms with Crippen molar-refractivity contribution < 1.29 is 9.21 Å². The fourth-order valence-electron chi connectivity index (χ4n) is 2.50. The zero-order chi connectivity index (χ0) is 18.8. The molecule has 0 atom stereocenters. The lowest BCUT2D eigenvalue weighted by molar-refractivity contribution is -0.115. The van der Waals surface area contributed by atoms with Gasteiger partial charge >= 0.3 is 0 Å². The van der Waals surface area contributed by atoms with Gasteiger partial charge in [0.05, 0.1) is 15.6 Å². The fourth-order valence-corrected chi connectivity index (χ4v) is 3.91. The highest BCUT2D eigenvalue weighted by Crippen LogP contribution is 2.33. The van der Waals surface area contributed by atoms with Gasteiger partial charge in [-0.05, 0) is 64.1 Å². The van der Waals surface area contributed by atoms with Crippen molar-refractivity contribution in [2.24, 2.45) is 4.99 Å². The van der Waals surface area contributed by atoms with Gasteiger partial charge in [-0.15, -0.1) is 0 Å². The number of nitrogens with one attached hydrogen (secondary N) is 1. The van der Waals surface area contributed by atoms with Crippen molar-refractivity contribution in [2.75, 3.05) is 0 Å². The number of hydrogen-bond donors (Lipinski definition) is 1. The van der Waals surface area contributed by atoms with Crippen LogP contribution in [0.25, 0.3) is 17.4 Å². The molecule has 2 heterocycles. The normalized spacial score (nSPS) is 16.9. The van der Waals surface area contributed by atoms with E-state index in [1.54, 1.807) is 6.08 Å². The second-order valence-corrected chi connectivity index (χ2v) is 7.91. The first kappa shape index (κ1) is 18.1. The molecule has 27 heavy (non-hydrogen) atoms. The lowest BCUT2D eigenvalue weighted by Crippen LogP contribution is -2.19. The van der Waals surface area contributed by atoms with Gasteiger partial charge in [-0.3, -0.25) is 4.79 Å². The third-order valence-electron chi connectivity index (χ3n) is 3.76. The third kappa shape index (κ3) is 4.03. The molecule has 4 rings (SSSR count). The molecule has 1 N–H and O–H groups in total. The molecule has 3 aromatic rings. The molecule has 1 aromatic heterocycles. The minimum atomic E-state index is -0.207. The molecule has 0 bridgehead atoms. The number of hydrogen-bond acceptors (Lipinski definition) is 4. The molecule has 7 heteroatoms. The number of benzene rings is 2. The Morgan fingerprint density at radius 1 is 1.07 bits per heavy atom. The minimum Gasteiger partial charge on any atom is -0.457 e. The number of amides is 1. The molecule has 134 valence electrons. The van der Waals surface area contributed by atoms with Crippen molar-refractivity contribution in [3.8, 4) is 11.3 Å². The van der Waals surface area contributed by atoms with Gasteiger partial charge in [0.15, 0.2) is 5.17 Å². The highest BCUT2D eigenvalue weighted by Gasteiger charge is 2.24. The summed E-state index contributed by atoms with van der Waals surface area (Å²) in [5, 5.41) is 3.91. The Morgan fingerprint density at radius 3 is 2.67 bits per heavy atom. The number of amidine groups is 1. The van der Waals surface area contributed by atoms with E-state index in [4.69, 9.17) is 16.0 Å². The number of para-hydroxylation sites is 1. The highest BCUT2D eigenvalue weighted by atomic mass is 79.9. The van der Waals surface area contributed by atoms with E-state index < -0.39 is 0 Å². The Kier molecular flexibility index (Phi) is 5.20. The molecule has 1 aliphatic rings. The average molecular weight is 460 g/mol. The Hall–Kier alpha value is -2.28. The summed E-state index contributed by atoms with van der Waals surface area (Å²) < 4.78 is 6.69. The molecular formula is C20H12BrClN2O2S. The smallest absolute Gasteiger partial charge is 0.264 e. The zero-order valence-corrected chi connectivity index (χ0v) is 16.9. The predicted molar refractivity (Wildman–Crippen MR) is 114 cm³/mol. The number of carbonyl (C=O) groups is 1. The monoisotopic (exact) mass is 458 g/mol. The second kappa shape index (κ2) is 7.76. The molecule has 1 saturated heterocycles. The van der Waals surface area contributed by atoms with Crippen LogP contribution in [0.4, 0.5) is 5.69 Å². The standard InChI is InChI=1S/C20H12BrClN2O2S/c21-14-6-2-4-8-16(14)23-20-24-19(25)18(27-20)11-12-9-10-17(26-12)13-5-1-3-7-15(13)22/h1-11H,(H,23,24,25)/b18-11+. The maximum absolute atomic E-state index is 12.2. The quantitative estimate of drug-likeness (QED) is 0.471. The number of thioether (sulfide) groups is 1. The number of aliphatic imine (C=N–C) groups is 1. The summed E-state index contributed by atoms with van der Waals surface area (Å²) in [6.45, 7) is 0. The average Bonchev–Trinajstić information content (AvgIpc) is 3.25. The molecule has 0 saturated carbocycles. The summed E-state index contributed by atoms with van der Waals surface area (Å²) in [7, 11) is 0. The van der Waals surface area contributed by atoms with Crippen LogP contribution in [0, 0.1) is 0 Å². The van der Waals surface area contributed by atoms with E-state index in [9.17, 15) is 4.79 Å². The SMILES string of the molecule is O=C1NC(=Nc2ccccc2Br)S/C1=C/c1ccc(-c2ccccc2Cl)o1. The van der Waals surface area contributed by atoms with Crippen LogP contribution in [0.3, 0.4) is 0 Å². The van der Waals surface area contributed by atoms with Crippen LogP contribution in [0.15, 0.2) is 79.5 Å². The summed E-state index contributed by atoms with van der Waals surface area (Å²) in [6.07, 6.45) is 1.70. The first-order valence-corrected chi connectivity index (χ1v) is 9.98. The lowest BCUT2D eigenvalue weighted by atomic mass is 10.2. The van der Waals surface area contributed by atoms with Gasteiger partial charge in [0.25, 0.3) is 5.91 Å². The molecule has 0 radical (unpaired) electrons. The van der Waals surface area contributed by atoms with E-state index >= 15 is 0 Å². The van der Waals surface area contributed by atoms with Crippen molar-refractivity contribution in [3.63, 3.8) is 0 Å². The van der Waals surface area contributed by atoms with Crippen molar-refractivity contribution in [3.05, 3.63) is 80.8 Å². The van der Waals surface area contributed by atoms with E-state index in [0.29, 0.717) is 26.6 Å². The summed E-state index contributed by atoms with van der Waals surface area (Å²) in [6, 6.07) is 18.7. The van der Waals surface area contributed by atoms with Crippen LogP contribution in [-0.4, -0.2) is 11.1 Å². The zero-order valence-electron chi connectivity index (χ0n) is 13.8. The van der Waals surface area contributed by atoms with Crippen molar-refractivity contribution in [1.29, 1.82) is 0 Å². The molecule has 0 spiro atoms. The first-order chi connectivity index (χ1) is 13.1. The van der Waals surface area contributed by atoms with E-state index in [0.717, 1.165) is 15.7 Å². The van der Waals surface area contributed by atoms with Crippen LogP contribution in [0.2, 0.25) is 5.02 Å². The fraction of sp³-hybridized carbons (Fsp3) is 0. The molecule has 0 unspecified atom stereocenters. The Bertz CT molecular complexity index is 1090. The van der Waals surface area contributed by atoms with Crippen LogP contribution in [0.5, 0.6) is 0 Å². The van der Waals surface area contributed by atoms with Gasteiger partial charge < -0.3 is 9.73 Å². The van der Waals surface area contributed by atoms with Crippen LogP contribution < -0.4 is 5.32 Å². The van der Waals surface area contributed by atoms with E-state index in [-0.39, 0.29) is 5.91 Å². The van der Waals surface area contributed by atoms with Crippen LogP contribution in [-0.2, 0) is 4.79 Å². The number of rotatable bonds is 3. The molecule has 1 fully saturated rings. The number of nitrogens with zero attached hydrogens (tertiary/aromatic N) is 1. The number of furan rings is 1. The third-order valence-corrected chi connectivity index (χ3v) is 5.67. The lowest BCUT2D eigenvalue weighted by Gasteiger charge is -1.99. The summed E-state index contributed by atoms with van der Waals surface area (Å²) in [5.41, 5.74) is 1.56. The van der Waals surface area contributed by atoms with Crippen LogP contribution >= 0.6 is 39.3 Å². The van der Waals surface area contributed by atoms with Gasteiger partial charge in [-0.1, -0.05) is 35.9 Å². The minimum absolute atomic E-state index is 0.207. The molecule has 0 aliphatic carbocycles. The van der Waals surface area contributed by atoms with Crippen molar-refractivity contribution in [1.82, 2.24) is 5.32 Å². The van der Waals surface area contributed by atoms with Gasteiger partial charge in [-0.2, -0.15) is 0 Å². The maximum Gasteiger partial charge on any atom is 0.264 e. The van der Waals surface area contributed by atoms with Crippen LogP contribution in [0.1, 0.15) is 5.76 Å². The van der Waals surface area contributed by atoms with Crippen molar-refractivity contribution >= 4 is 62.1 Å². The summed E-state index contributed by atoms with van der Waals surface area (Å²) in [4.78, 5) is 17.2. The molecule has 1 aliphatic heterocycles. The van der Waals surface area contributed by atoms with E-state index in [1.165, 1.54) is 11.8 Å². The largest absolute Gasteiger partial charge is 0.457 e. The van der Waals surface area contributed by atoms with E-state index in [1.807, 2.05) is 60.7 Å². The molecular weight excluding hydrogens is 448 g/mol. The first-order valence-electron chi connectivity index (χ1n) is 7.99. The maximum atomic E-state index is 12.2. The predicted octanol–water partition coefficient (Wildman–Crippen LogP) is 6.25. The van der Waals surface area contributed by atoms with Gasteiger partial charge in [-0.25, -0.2) is 4.99 Å². The second-order valence-electron chi connectivity index (χ2n) is 5.62.